The van der Waals surface area contributed by atoms with E-state index in [-0.39, 0.29) is 23.4 Å². The fourth-order valence-corrected chi connectivity index (χ4v) is 2.13. The number of hydrogen-bond acceptors (Lipinski definition) is 5. The van der Waals surface area contributed by atoms with Gasteiger partial charge in [0.15, 0.2) is 0 Å². The molecule has 10 heteroatoms. The van der Waals surface area contributed by atoms with Crippen LogP contribution in [0.5, 0.6) is 0 Å². The highest BCUT2D eigenvalue weighted by Gasteiger charge is 2.11. The number of pyridine rings is 1. The summed E-state index contributed by atoms with van der Waals surface area (Å²) in [5.41, 5.74) is 3.96. The smallest absolute Gasteiger partial charge is 0.269 e. The van der Waals surface area contributed by atoms with E-state index in [4.69, 9.17) is 0 Å². The summed E-state index contributed by atoms with van der Waals surface area (Å²) in [6, 6.07) is 7.73. The van der Waals surface area contributed by atoms with Crippen LogP contribution < -0.4 is 16.4 Å². The number of rotatable bonds is 4. The number of aromatic nitrogens is 1. The average molecular weight is 395 g/mol. The molecule has 124 valence electrons. The highest BCUT2D eigenvalue weighted by molar-refractivity contribution is 9.10. The first-order valence-corrected chi connectivity index (χ1v) is 7.36. The monoisotopic (exact) mass is 394 g/mol. The lowest BCUT2D eigenvalue weighted by Gasteiger charge is -2.09. The van der Waals surface area contributed by atoms with E-state index in [1.165, 1.54) is 36.5 Å². The highest BCUT2D eigenvalue weighted by atomic mass is 79.9. The zero-order valence-corrected chi connectivity index (χ0v) is 13.6. The van der Waals surface area contributed by atoms with Crippen molar-refractivity contribution in [2.45, 2.75) is 6.54 Å². The van der Waals surface area contributed by atoms with Crippen LogP contribution >= 0.6 is 15.9 Å². The molecule has 0 saturated heterocycles. The third-order valence-electron chi connectivity index (χ3n) is 2.92. The Labute approximate surface area is 143 Å². The van der Waals surface area contributed by atoms with Crippen LogP contribution in [0.3, 0.4) is 0 Å². The molecule has 0 aliphatic heterocycles. The molecule has 2 rings (SSSR count). The minimum Gasteiger partial charge on any atom is -0.305 e. The number of hydrogen-bond donors (Lipinski definition) is 2. The van der Waals surface area contributed by atoms with Crippen LogP contribution in [0.1, 0.15) is 10.4 Å². The van der Waals surface area contributed by atoms with Gasteiger partial charge in [0.25, 0.3) is 23.1 Å². The van der Waals surface area contributed by atoms with E-state index in [2.05, 4.69) is 26.8 Å². The first-order valence-electron chi connectivity index (χ1n) is 6.56. The second-order valence-electron chi connectivity index (χ2n) is 4.62. The number of carbonyl (C=O) groups excluding carboxylic acids is 2. The molecule has 9 nitrogen and oxygen atoms in total. The quantitative estimate of drug-likeness (QED) is 0.590. The van der Waals surface area contributed by atoms with Crippen LogP contribution in [-0.2, 0) is 11.3 Å². The molecule has 0 atom stereocenters. The lowest BCUT2D eigenvalue weighted by molar-refractivity contribution is -0.384. The van der Waals surface area contributed by atoms with Crippen molar-refractivity contribution in [3.8, 4) is 0 Å². The Hall–Kier alpha value is -3.01. The maximum atomic E-state index is 11.8. The zero-order chi connectivity index (χ0) is 17.7. The zero-order valence-electron chi connectivity index (χ0n) is 12.1. The van der Waals surface area contributed by atoms with Crippen molar-refractivity contribution in [1.29, 1.82) is 0 Å². The van der Waals surface area contributed by atoms with Gasteiger partial charge in [0.1, 0.15) is 6.54 Å². The van der Waals surface area contributed by atoms with Crippen molar-refractivity contribution in [3.05, 3.63) is 73.1 Å². The number of amides is 2. The Bertz CT molecular complexity index is 847. The van der Waals surface area contributed by atoms with Crippen LogP contribution in [0.2, 0.25) is 0 Å². The van der Waals surface area contributed by atoms with Gasteiger partial charge in [0, 0.05) is 34.4 Å². The molecule has 0 aliphatic rings. The molecule has 0 saturated carbocycles. The molecule has 2 aromatic rings. The van der Waals surface area contributed by atoms with Gasteiger partial charge >= 0.3 is 0 Å². The molecule has 0 aliphatic carbocycles. The normalized spacial score (nSPS) is 10.0. The largest absolute Gasteiger partial charge is 0.305 e. The van der Waals surface area contributed by atoms with Gasteiger partial charge in [-0.25, -0.2) is 0 Å². The van der Waals surface area contributed by atoms with Gasteiger partial charge in [-0.3, -0.25) is 35.3 Å². The number of nitro benzene ring substituents is 1. The van der Waals surface area contributed by atoms with Gasteiger partial charge in [-0.1, -0.05) is 0 Å². The molecule has 2 N–H and O–H groups in total. The van der Waals surface area contributed by atoms with E-state index in [0.29, 0.717) is 4.47 Å². The molecule has 0 spiro atoms. The van der Waals surface area contributed by atoms with E-state index >= 15 is 0 Å². The Morgan fingerprint density at radius 2 is 1.79 bits per heavy atom. The van der Waals surface area contributed by atoms with Gasteiger partial charge in [-0.2, -0.15) is 0 Å². The molecule has 0 unspecified atom stereocenters. The number of halogens is 1. The minimum atomic E-state index is -0.639. The Morgan fingerprint density at radius 3 is 2.42 bits per heavy atom. The summed E-state index contributed by atoms with van der Waals surface area (Å²) in [4.78, 5) is 45.1. The van der Waals surface area contributed by atoms with Crippen molar-refractivity contribution in [2.75, 3.05) is 0 Å². The molecule has 0 fully saturated rings. The summed E-state index contributed by atoms with van der Waals surface area (Å²) < 4.78 is 1.79. The highest BCUT2D eigenvalue weighted by Crippen LogP contribution is 2.11. The topological polar surface area (TPSA) is 123 Å². The maximum Gasteiger partial charge on any atom is 0.269 e. The summed E-state index contributed by atoms with van der Waals surface area (Å²) in [6.07, 6.45) is 1.44. The van der Waals surface area contributed by atoms with Gasteiger partial charge in [0.2, 0.25) is 0 Å². The summed E-state index contributed by atoms with van der Waals surface area (Å²) in [5, 5.41) is 10.5. The summed E-state index contributed by atoms with van der Waals surface area (Å²) in [5.74, 6) is -1.25. The SMILES string of the molecule is O=C(Cn1cc(Br)ccc1=O)NNC(=O)c1ccc([N+](=O)[O-])cc1. The number of non-ortho nitro benzene ring substituents is 1. The van der Waals surface area contributed by atoms with Crippen LogP contribution in [0.25, 0.3) is 0 Å². The fourth-order valence-electron chi connectivity index (χ4n) is 1.75. The van der Waals surface area contributed by atoms with Crippen molar-refractivity contribution in [3.63, 3.8) is 0 Å². The lowest BCUT2D eigenvalue weighted by Crippen LogP contribution is -2.44. The van der Waals surface area contributed by atoms with Crippen LogP contribution in [0.15, 0.2) is 51.9 Å². The second kappa shape index (κ2) is 7.51. The predicted octanol–water partition coefficient (Wildman–Crippen LogP) is 0.980. The van der Waals surface area contributed by atoms with E-state index in [9.17, 15) is 24.5 Å². The van der Waals surface area contributed by atoms with Gasteiger partial charge in [-0.05, 0) is 34.1 Å². The van der Waals surface area contributed by atoms with Gasteiger partial charge in [-0.15, -0.1) is 0 Å². The third kappa shape index (κ3) is 4.49. The number of nitrogens with one attached hydrogen (secondary N) is 2. The van der Waals surface area contributed by atoms with Crippen molar-refractivity contribution in [2.24, 2.45) is 0 Å². The molecule has 0 bridgehead atoms. The first-order chi connectivity index (χ1) is 11.4. The molecule has 0 radical (unpaired) electrons. The number of hydrazine groups is 1. The maximum absolute atomic E-state index is 11.8. The Morgan fingerprint density at radius 1 is 1.12 bits per heavy atom. The summed E-state index contributed by atoms with van der Waals surface area (Å²) in [7, 11) is 0. The van der Waals surface area contributed by atoms with E-state index < -0.39 is 16.7 Å². The standard InChI is InChI=1S/C14H11BrN4O5/c15-10-3-6-13(21)18(7-10)8-12(20)16-17-14(22)9-1-4-11(5-2-9)19(23)24/h1-7H,8H2,(H,16,20)(H,17,22). The fraction of sp³-hybridized carbons (Fsp3) is 0.0714. The van der Waals surface area contributed by atoms with Gasteiger partial charge in [0.05, 0.1) is 4.92 Å². The summed E-state index contributed by atoms with van der Waals surface area (Å²) in [6.45, 7) is -0.279. The number of carbonyl (C=O) groups is 2. The molecule has 1 aromatic carbocycles. The van der Waals surface area contributed by atoms with Crippen molar-refractivity contribution >= 4 is 33.4 Å². The number of benzene rings is 1. The lowest BCUT2D eigenvalue weighted by atomic mass is 10.2. The van der Waals surface area contributed by atoms with E-state index in [0.717, 1.165) is 4.57 Å². The van der Waals surface area contributed by atoms with Crippen molar-refractivity contribution in [1.82, 2.24) is 15.4 Å². The Kier molecular flexibility index (Phi) is 5.42. The molecular weight excluding hydrogens is 384 g/mol. The number of nitro groups is 1. The molecule has 24 heavy (non-hydrogen) atoms. The van der Waals surface area contributed by atoms with Crippen LogP contribution in [-0.4, -0.2) is 21.3 Å². The summed E-state index contributed by atoms with van der Waals surface area (Å²) >= 11 is 3.19. The minimum absolute atomic E-state index is 0.139. The van der Waals surface area contributed by atoms with Crippen LogP contribution in [0, 0.1) is 10.1 Å². The average Bonchev–Trinajstić information content (AvgIpc) is 2.56. The molecule has 1 heterocycles. The van der Waals surface area contributed by atoms with E-state index in [1.54, 1.807) is 6.07 Å². The van der Waals surface area contributed by atoms with Crippen LogP contribution in [0.4, 0.5) is 5.69 Å². The Balaban J connectivity index is 1.93. The third-order valence-corrected chi connectivity index (χ3v) is 3.39. The van der Waals surface area contributed by atoms with Crippen molar-refractivity contribution < 1.29 is 14.5 Å². The predicted molar refractivity (Wildman–Crippen MR) is 87.1 cm³/mol. The molecule has 1 aromatic heterocycles. The number of nitrogens with zero attached hydrogens (tertiary/aromatic N) is 2. The molecule has 2 amide bonds. The first kappa shape index (κ1) is 17.3. The second-order valence-corrected chi connectivity index (χ2v) is 5.54. The van der Waals surface area contributed by atoms with E-state index in [1.807, 2.05) is 0 Å². The molecular formula is C14H11BrN4O5. The van der Waals surface area contributed by atoms with Gasteiger partial charge < -0.3 is 4.57 Å².